The topological polar surface area (TPSA) is 0 Å². The minimum atomic E-state index is 0.832. The Bertz CT molecular complexity index is 500. The monoisotopic (exact) mass is 506 g/mol. The van der Waals surface area contributed by atoms with E-state index in [-0.39, 0.29) is 0 Å². The second-order valence-corrected chi connectivity index (χ2v) is 10.8. The van der Waals surface area contributed by atoms with Gasteiger partial charge in [-0.2, -0.15) is 0 Å². The lowest BCUT2D eigenvalue weighted by Gasteiger charge is -2.37. The Morgan fingerprint density at radius 3 is 1.20 bits per heavy atom. The molecular formula is C33H61ClN+. The van der Waals surface area contributed by atoms with Crippen molar-refractivity contribution in [1.29, 1.82) is 0 Å². The molecule has 0 aliphatic heterocycles. The Morgan fingerprint density at radius 1 is 0.571 bits per heavy atom. The van der Waals surface area contributed by atoms with Crippen LogP contribution in [0.25, 0.3) is 6.08 Å². The summed E-state index contributed by atoms with van der Waals surface area (Å²) in [4.78, 5) is 0. The number of rotatable bonds is 23. The fourth-order valence-electron chi connectivity index (χ4n) is 4.79. The molecule has 204 valence electrons. The number of alkyl halides is 1. The van der Waals surface area contributed by atoms with Crippen molar-refractivity contribution in [2.45, 2.75) is 136 Å². The van der Waals surface area contributed by atoms with Crippen LogP contribution in [0.4, 0.5) is 0 Å². The van der Waals surface area contributed by atoms with Crippen LogP contribution >= 0.6 is 11.6 Å². The third-order valence-corrected chi connectivity index (χ3v) is 7.75. The minimum Gasteiger partial charge on any atom is -0.311 e. The lowest BCUT2D eigenvalue weighted by molar-refractivity contribution is -0.918. The summed E-state index contributed by atoms with van der Waals surface area (Å²) in [5.41, 5.74) is 1.17. The van der Waals surface area contributed by atoms with Gasteiger partial charge in [-0.1, -0.05) is 152 Å². The first kappa shape index (κ1) is 34.2. The lowest BCUT2D eigenvalue weighted by atomic mass is 10.1. The maximum atomic E-state index is 6.58. The highest BCUT2D eigenvalue weighted by atomic mass is 35.5. The Kier molecular flexibility index (Phi) is 25.7. The van der Waals surface area contributed by atoms with Crippen LogP contribution in [0.1, 0.15) is 142 Å². The molecule has 1 nitrogen and oxygen atoms in total. The van der Waals surface area contributed by atoms with Crippen LogP contribution in [-0.2, 0) is 0 Å². The summed E-state index contributed by atoms with van der Waals surface area (Å²) in [6.07, 6.45) is 27.0. The number of benzene rings is 1. The van der Waals surface area contributed by atoms with Crippen molar-refractivity contribution in [3.63, 3.8) is 0 Å². The largest absolute Gasteiger partial charge is 0.311 e. The summed E-state index contributed by atoms with van der Waals surface area (Å²) in [6, 6.07) is 10.9. The van der Waals surface area contributed by atoms with Gasteiger partial charge in [-0.3, -0.25) is 0 Å². The van der Waals surface area contributed by atoms with E-state index in [1.165, 1.54) is 145 Å². The molecule has 1 rings (SSSR count). The van der Waals surface area contributed by atoms with Gasteiger partial charge in [0.15, 0.2) is 6.00 Å². The molecule has 0 aliphatic rings. The molecular weight excluding hydrogens is 446 g/mol. The molecule has 0 amide bonds. The van der Waals surface area contributed by atoms with Gasteiger partial charge in [-0.15, -0.1) is 0 Å². The van der Waals surface area contributed by atoms with Crippen molar-refractivity contribution in [3.05, 3.63) is 42.5 Å². The van der Waals surface area contributed by atoms with Crippen molar-refractivity contribution < 1.29 is 4.48 Å². The quantitative estimate of drug-likeness (QED) is 0.0598. The molecule has 0 aromatic heterocycles. The summed E-state index contributed by atoms with van der Waals surface area (Å²) in [7, 11) is 0. The lowest BCUT2D eigenvalue weighted by Crippen LogP contribution is -2.49. The Morgan fingerprint density at radius 2 is 0.914 bits per heavy atom. The van der Waals surface area contributed by atoms with Crippen LogP contribution in [0, 0.1) is 0 Å². The minimum absolute atomic E-state index is 0.832. The van der Waals surface area contributed by atoms with Gasteiger partial charge in [0.05, 0.1) is 19.6 Å². The van der Waals surface area contributed by atoms with E-state index in [1.54, 1.807) is 0 Å². The van der Waals surface area contributed by atoms with Crippen LogP contribution in [0.5, 0.6) is 0 Å². The van der Waals surface area contributed by atoms with Crippen LogP contribution < -0.4 is 0 Å². The van der Waals surface area contributed by atoms with E-state index in [2.05, 4.69) is 27.4 Å². The smallest absolute Gasteiger partial charge is 0.154 e. The number of nitrogens with zero attached hydrogens (tertiary/aromatic N) is 1. The maximum Gasteiger partial charge on any atom is 0.154 e. The maximum absolute atomic E-state index is 6.58. The highest BCUT2D eigenvalue weighted by Gasteiger charge is 2.24. The first-order chi connectivity index (χ1) is 17.2. The van der Waals surface area contributed by atoms with E-state index in [4.69, 9.17) is 11.6 Å². The molecule has 0 aliphatic carbocycles. The molecule has 0 saturated heterocycles. The van der Waals surface area contributed by atoms with E-state index in [0.29, 0.717) is 0 Å². The van der Waals surface area contributed by atoms with E-state index in [0.717, 1.165) is 6.00 Å². The summed E-state index contributed by atoms with van der Waals surface area (Å²) in [5, 5.41) is 0. The highest BCUT2D eigenvalue weighted by Crippen LogP contribution is 2.19. The van der Waals surface area contributed by atoms with Gasteiger partial charge in [-0.05, 0) is 44.1 Å². The molecule has 0 bridgehead atoms. The Balaban J connectivity index is 0.00000121. The Hall–Kier alpha value is -0.790. The summed E-state index contributed by atoms with van der Waals surface area (Å²) in [6.45, 7) is 14.5. The van der Waals surface area contributed by atoms with Gasteiger partial charge in [0, 0.05) is 0 Å². The summed E-state index contributed by atoms with van der Waals surface area (Å²) < 4.78 is 1.19. The zero-order valence-electron chi connectivity index (χ0n) is 24.1. The first-order valence-electron chi connectivity index (χ1n) is 15.3. The summed E-state index contributed by atoms with van der Waals surface area (Å²) >= 11 is 6.58. The molecule has 0 radical (unpaired) electrons. The van der Waals surface area contributed by atoms with Gasteiger partial charge >= 0.3 is 0 Å². The van der Waals surface area contributed by atoms with Crippen molar-refractivity contribution in [2.24, 2.45) is 0 Å². The molecule has 35 heavy (non-hydrogen) atoms. The van der Waals surface area contributed by atoms with Crippen molar-refractivity contribution in [3.8, 4) is 0 Å². The zero-order valence-corrected chi connectivity index (χ0v) is 24.8. The van der Waals surface area contributed by atoms with Gasteiger partial charge in [0.2, 0.25) is 0 Å². The summed E-state index contributed by atoms with van der Waals surface area (Å²) in [5.74, 6) is 0. The molecule has 0 spiro atoms. The number of unbranched alkanes of at least 4 members (excludes halogenated alkanes) is 15. The first-order valence-corrected chi connectivity index (χ1v) is 15.8. The van der Waals surface area contributed by atoms with Gasteiger partial charge in [0.1, 0.15) is 0 Å². The fraction of sp³-hybridized carbons (Fsp3) is 0.758. The zero-order chi connectivity index (χ0) is 25.9. The standard InChI is InChI=1S/C25H53ClN.C8H8/c1-4-7-10-13-16-19-22-27(25-26,23-20-17-14-11-8-5-2)24-21-18-15-12-9-6-3;1-2-8-6-4-3-5-7-8/h4-25H2,1-3H3;2-7H,1H2/q+1;. The Labute approximate surface area is 226 Å². The number of halogens is 1. The molecule has 2 heteroatoms. The van der Waals surface area contributed by atoms with E-state index < -0.39 is 0 Å². The molecule has 1 aromatic carbocycles. The number of hydrogen-bond acceptors (Lipinski definition) is 0. The van der Waals surface area contributed by atoms with Gasteiger partial charge < -0.3 is 4.48 Å². The van der Waals surface area contributed by atoms with Gasteiger partial charge in [-0.25, -0.2) is 0 Å². The molecule has 0 heterocycles. The average molecular weight is 507 g/mol. The van der Waals surface area contributed by atoms with Crippen LogP contribution in [0.15, 0.2) is 36.9 Å². The highest BCUT2D eigenvalue weighted by molar-refractivity contribution is 6.16. The van der Waals surface area contributed by atoms with Crippen molar-refractivity contribution in [1.82, 2.24) is 0 Å². The number of hydrogen-bond donors (Lipinski definition) is 0. The van der Waals surface area contributed by atoms with Crippen molar-refractivity contribution in [2.75, 3.05) is 25.6 Å². The second kappa shape index (κ2) is 26.3. The van der Waals surface area contributed by atoms with E-state index in [1.807, 2.05) is 36.4 Å². The predicted molar refractivity (Wildman–Crippen MR) is 162 cm³/mol. The van der Waals surface area contributed by atoms with E-state index >= 15 is 0 Å². The molecule has 0 fully saturated rings. The van der Waals surface area contributed by atoms with Gasteiger partial charge in [0.25, 0.3) is 0 Å². The van der Waals surface area contributed by atoms with Crippen LogP contribution in [0.3, 0.4) is 0 Å². The predicted octanol–water partition coefficient (Wildman–Crippen LogP) is 11.4. The molecule has 0 atom stereocenters. The average Bonchev–Trinajstić information content (AvgIpc) is 2.90. The SMILES string of the molecule is C=Cc1ccccc1.CCCCCCCC[N+](CCl)(CCCCCCCC)CCCCCCCC. The molecule has 0 saturated carbocycles. The van der Waals surface area contributed by atoms with Crippen molar-refractivity contribution >= 4 is 17.7 Å². The fourth-order valence-corrected chi connectivity index (χ4v) is 5.15. The third kappa shape index (κ3) is 21.0. The second-order valence-electron chi connectivity index (χ2n) is 10.6. The van der Waals surface area contributed by atoms with Crippen LogP contribution in [-0.4, -0.2) is 30.1 Å². The molecule has 1 aromatic rings. The van der Waals surface area contributed by atoms with Crippen LogP contribution in [0.2, 0.25) is 0 Å². The molecule has 0 unspecified atom stereocenters. The number of quaternary nitrogens is 1. The van der Waals surface area contributed by atoms with E-state index in [9.17, 15) is 0 Å². The molecule has 0 N–H and O–H groups in total. The normalized spacial score (nSPS) is 11.2. The third-order valence-electron chi connectivity index (χ3n) is 7.25.